The minimum atomic E-state index is 0.381. The predicted molar refractivity (Wildman–Crippen MR) is 120 cm³/mol. The van der Waals surface area contributed by atoms with Gasteiger partial charge >= 0.3 is 0 Å². The lowest BCUT2D eigenvalue weighted by atomic mass is 9.94. The second kappa shape index (κ2) is 7.40. The normalized spacial score (nSPS) is 11.4. The molecule has 3 heteroatoms. The lowest BCUT2D eigenvalue weighted by molar-refractivity contribution is -0.659. The minimum absolute atomic E-state index is 0.381. The molecule has 2 heterocycles. The topological polar surface area (TPSA) is 29.7 Å². The van der Waals surface area contributed by atoms with Crippen LogP contribution in [0.25, 0.3) is 33.3 Å². The Morgan fingerprint density at radius 2 is 1.69 bits per heavy atom. The molecule has 0 aliphatic heterocycles. The monoisotopic (exact) mass is 382 g/mol. The standard InChI is InChI=1S/C26H28N3/c1-16(2)24-14-28-25(15-27-24)21-8-7-20-9-10-29(6)26(23(20)13-21)22-12-17(3)11-18(4)19(22)5/h7-16H,1-6H3/q+1. The van der Waals surface area contributed by atoms with E-state index in [9.17, 15) is 0 Å². The van der Waals surface area contributed by atoms with Gasteiger partial charge in [-0.2, -0.15) is 0 Å². The number of nitrogens with zero attached hydrogens (tertiary/aromatic N) is 3. The minimum Gasteiger partial charge on any atom is -0.257 e. The number of rotatable bonds is 3. The first-order valence-corrected chi connectivity index (χ1v) is 10.2. The highest BCUT2D eigenvalue weighted by Gasteiger charge is 2.19. The zero-order valence-electron chi connectivity index (χ0n) is 18.1. The molecule has 0 atom stereocenters. The van der Waals surface area contributed by atoms with E-state index in [1.54, 1.807) is 0 Å². The fourth-order valence-corrected chi connectivity index (χ4v) is 3.93. The molecule has 0 bridgehead atoms. The van der Waals surface area contributed by atoms with Gasteiger partial charge in [0.05, 0.1) is 28.5 Å². The third-order valence-electron chi connectivity index (χ3n) is 5.76. The van der Waals surface area contributed by atoms with Crippen LogP contribution in [0.5, 0.6) is 0 Å². The summed E-state index contributed by atoms with van der Waals surface area (Å²) >= 11 is 0. The van der Waals surface area contributed by atoms with E-state index in [-0.39, 0.29) is 0 Å². The van der Waals surface area contributed by atoms with Crippen LogP contribution in [0, 0.1) is 20.8 Å². The third-order valence-corrected chi connectivity index (χ3v) is 5.76. The highest BCUT2D eigenvalue weighted by Crippen LogP contribution is 2.32. The first-order chi connectivity index (χ1) is 13.8. The van der Waals surface area contributed by atoms with Crippen LogP contribution < -0.4 is 4.57 Å². The van der Waals surface area contributed by atoms with Crippen LogP contribution in [0.2, 0.25) is 0 Å². The Morgan fingerprint density at radius 1 is 0.897 bits per heavy atom. The summed E-state index contributed by atoms with van der Waals surface area (Å²) in [6.45, 7) is 10.8. The molecule has 3 nitrogen and oxygen atoms in total. The van der Waals surface area contributed by atoms with Crippen LogP contribution in [0.3, 0.4) is 0 Å². The highest BCUT2D eigenvalue weighted by molar-refractivity contribution is 5.96. The Morgan fingerprint density at radius 3 is 2.38 bits per heavy atom. The van der Waals surface area contributed by atoms with E-state index in [0.717, 1.165) is 17.0 Å². The first kappa shape index (κ1) is 19.3. The number of hydrogen-bond acceptors (Lipinski definition) is 2. The molecule has 4 rings (SSSR count). The smallest absolute Gasteiger partial charge is 0.220 e. The summed E-state index contributed by atoms with van der Waals surface area (Å²) in [5, 5.41) is 2.46. The number of benzene rings is 2. The molecule has 0 radical (unpaired) electrons. The molecule has 0 fully saturated rings. The fraction of sp³-hybridized carbons (Fsp3) is 0.269. The van der Waals surface area contributed by atoms with E-state index in [0.29, 0.717) is 5.92 Å². The molecule has 0 N–H and O–H groups in total. The second-order valence-electron chi connectivity index (χ2n) is 8.31. The van der Waals surface area contributed by atoms with Gasteiger partial charge in [0, 0.05) is 17.8 Å². The molecule has 0 amide bonds. The van der Waals surface area contributed by atoms with Crippen LogP contribution in [0.4, 0.5) is 0 Å². The molecule has 0 spiro atoms. The summed E-state index contributed by atoms with van der Waals surface area (Å²) in [4.78, 5) is 9.28. The van der Waals surface area contributed by atoms with Gasteiger partial charge in [-0.3, -0.25) is 9.97 Å². The van der Waals surface area contributed by atoms with Crippen molar-refractivity contribution >= 4 is 10.8 Å². The molecule has 146 valence electrons. The molecule has 4 aromatic rings. The molecule has 2 aromatic heterocycles. The molecule has 0 aliphatic carbocycles. The van der Waals surface area contributed by atoms with Gasteiger partial charge in [-0.1, -0.05) is 37.6 Å². The van der Waals surface area contributed by atoms with Crippen LogP contribution in [0.15, 0.2) is 55.0 Å². The molecular formula is C26H28N3+. The molecule has 0 aliphatic rings. The molecule has 2 aromatic carbocycles. The SMILES string of the molecule is Cc1cc(C)c(C)c(-c2c3cc(-c4cnc(C(C)C)cn4)ccc3cc[n+]2C)c1. The summed E-state index contributed by atoms with van der Waals surface area (Å²) < 4.78 is 2.22. The fourth-order valence-electron chi connectivity index (χ4n) is 3.93. The maximum Gasteiger partial charge on any atom is 0.220 e. The van der Waals surface area contributed by atoms with E-state index in [4.69, 9.17) is 0 Å². The zero-order chi connectivity index (χ0) is 20.7. The molecule has 29 heavy (non-hydrogen) atoms. The number of aromatic nitrogens is 3. The summed E-state index contributed by atoms with van der Waals surface area (Å²) in [5.74, 6) is 0.381. The van der Waals surface area contributed by atoms with E-state index in [1.807, 2.05) is 12.4 Å². The largest absolute Gasteiger partial charge is 0.257 e. The van der Waals surface area contributed by atoms with Gasteiger partial charge in [-0.05, 0) is 55.3 Å². The third kappa shape index (κ3) is 3.53. The Bertz CT molecular complexity index is 1210. The van der Waals surface area contributed by atoms with Crippen molar-refractivity contribution in [1.29, 1.82) is 0 Å². The quantitative estimate of drug-likeness (QED) is 0.417. The predicted octanol–water partition coefficient (Wildman–Crippen LogP) is 5.84. The number of pyridine rings is 1. The maximum atomic E-state index is 4.68. The van der Waals surface area contributed by atoms with Crippen molar-refractivity contribution in [2.45, 2.75) is 40.5 Å². The number of aryl methyl sites for hydroxylation is 3. The van der Waals surface area contributed by atoms with Crippen molar-refractivity contribution in [2.24, 2.45) is 7.05 Å². The van der Waals surface area contributed by atoms with Crippen molar-refractivity contribution in [3.8, 4) is 22.5 Å². The molecule has 0 saturated heterocycles. The Balaban J connectivity index is 1.94. The van der Waals surface area contributed by atoms with Gasteiger partial charge in [-0.15, -0.1) is 0 Å². The van der Waals surface area contributed by atoms with E-state index in [1.165, 1.54) is 38.7 Å². The number of fused-ring (bicyclic) bond motifs is 1. The molecular weight excluding hydrogens is 354 g/mol. The van der Waals surface area contributed by atoms with Gasteiger partial charge in [0.25, 0.3) is 0 Å². The molecule has 0 unspecified atom stereocenters. The average Bonchev–Trinajstić information content (AvgIpc) is 2.70. The zero-order valence-corrected chi connectivity index (χ0v) is 18.1. The maximum absolute atomic E-state index is 4.68. The molecule has 0 saturated carbocycles. The highest BCUT2D eigenvalue weighted by atomic mass is 14.9. The summed E-state index contributed by atoms with van der Waals surface area (Å²) in [6.07, 6.45) is 5.93. The summed E-state index contributed by atoms with van der Waals surface area (Å²) in [7, 11) is 2.12. The Hall–Kier alpha value is -3.07. The van der Waals surface area contributed by atoms with Crippen molar-refractivity contribution in [3.05, 3.63) is 77.4 Å². The van der Waals surface area contributed by atoms with Gasteiger partial charge in [0.2, 0.25) is 5.69 Å². The van der Waals surface area contributed by atoms with Gasteiger partial charge in [0.15, 0.2) is 6.20 Å². The Kier molecular flexibility index (Phi) is 4.91. The summed E-state index contributed by atoms with van der Waals surface area (Å²) in [6, 6.07) is 13.3. The van der Waals surface area contributed by atoms with Crippen molar-refractivity contribution in [2.75, 3.05) is 0 Å². The first-order valence-electron chi connectivity index (χ1n) is 10.2. The van der Waals surface area contributed by atoms with E-state index < -0.39 is 0 Å². The lowest BCUT2D eigenvalue weighted by Crippen LogP contribution is -2.30. The van der Waals surface area contributed by atoms with Crippen molar-refractivity contribution in [3.63, 3.8) is 0 Å². The summed E-state index contributed by atoms with van der Waals surface area (Å²) in [5.41, 5.74) is 9.47. The van der Waals surface area contributed by atoms with Crippen LogP contribution >= 0.6 is 0 Å². The van der Waals surface area contributed by atoms with E-state index >= 15 is 0 Å². The second-order valence-corrected chi connectivity index (χ2v) is 8.31. The average molecular weight is 383 g/mol. The van der Waals surface area contributed by atoms with Gasteiger partial charge < -0.3 is 0 Å². The van der Waals surface area contributed by atoms with Crippen molar-refractivity contribution in [1.82, 2.24) is 9.97 Å². The van der Waals surface area contributed by atoms with Gasteiger partial charge in [0.1, 0.15) is 7.05 Å². The van der Waals surface area contributed by atoms with Crippen LogP contribution in [-0.4, -0.2) is 9.97 Å². The van der Waals surface area contributed by atoms with Crippen LogP contribution in [0.1, 0.15) is 42.1 Å². The van der Waals surface area contributed by atoms with Crippen LogP contribution in [-0.2, 0) is 7.05 Å². The van der Waals surface area contributed by atoms with Crippen molar-refractivity contribution < 1.29 is 4.57 Å². The lowest BCUT2D eigenvalue weighted by Gasteiger charge is -2.12. The Labute approximate surface area is 173 Å². The number of hydrogen-bond donors (Lipinski definition) is 0. The van der Waals surface area contributed by atoms with E-state index in [2.05, 4.69) is 98.8 Å². The van der Waals surface area contributed by atoms with Gasteiger partial charge in [-0.25, -0.2) is 4.57 Å².